The zero-order valence-electron chi connectivity index (χ0n) is 12.6. The lowest BCUT2D eigenvalue weighted by molar-refractivity contribution is 0.230. The Morgan fingerprint density at radius 3 is 3.09 bits per heavy atom. The summed E-state index contributed by atoms with van der Waals surface area (Å²) in [7, 11) is 0. The van der Waals surface area contributed by atoms with Gasteiger partial charge in [-0.05, 0) is 48.0 Å². The lowest BCUT2D eigenvalue weighted by Gasteiger charge is -2.38. The van der Waals surface area contributed by atoms with E-state index in [-0.39, 0.29) is 0 Å². The summed E-state index contributed by atoms with van der Waals surface area (Å²) in [4.78, 5) is 9.75. The Bertz CT molecular complexity index is 892. The van der Waals surface area contributed by atoms with E-state index in [0.29, 0.717) is 16.7 Å². The number of fused-ring (bicyclic) bond motifs is 4. The Balaban J connectivity index is 1.65. The molecule has 0 radical (unpaired) electrons. The molecule has 2 aliphatic heterocycles. The van der Waals surface area contributed by atoms with Crippen molar-refractivity contribution < 1.29 is 0 Å². The van der Waals surface area contributed by atoms with E-state index < -0.39 is 0 Å². The fourth-order valence-corrected chi connectivity index (χ4v) is 3.98. The molecule has 0 saturated carbocycles. The molecular formula is C15H16ClN7. The minimum atomic E-state index is 0.627. The molecule has 2 aromatic heterocycles. The smallest absolute Gasteiger partial charge is 0.222 e. The second-order valence-corrected chi connectivity index (χ2v) is 6.70. The number of tetrazole rings is 1. The molecule has 4 heterocycles. The average molecular weight is 330 g/mol. The van der Waals surface area contributed by atoms with Crippen molar-refractivity contribution in [3.63, 3.8) is 0 Å². The van der Waals surface area contributed by atoms with E-state index in [2.05, 4.69) is 25.3 Å². The molecule has 0 aliphatic carbocycles. The molecule has 3 aromatic rings. The van der Waals surface area contributed by atoms with Crippen molar-refractivity contribution in [3.05, 3.63) is 23.2 Å². The van der Waals surface area contributed by atoms with Crippen LogP contribution >= 0.6 is 11.6 Å². The number of hydrogen-bond donors (Lipinski definition) is 0. The maximum atomic E-state index is 6.11. The fraction of sp³-hybridized carbons (Fsp3) is 0.467. The van der Waals surface area contributed by atoms with Gasteiger partial charge in [0.25, 0.3) is 0 Å². The van der Waals surface area contributed by atoms with Crippen LogP contribution in [0.2, 0.25) is 5.02 Å². The third-order valence-corrected chi connectivity index (χ3v) is 5.18. The summed E-state index contributed by atoms with van der Waals surface area (Å²) in [6.07, 6.45) is 2.56. The van der Waals surface area contributed by atoms with Crippen LogP contribution in [0.15, 0.2) is 18.2 Å². The zero-order valence-corrected chi connectivity index (χ0v) is 13.3. The first-order valence-electron chi connectivity index (χ1n) is 7.96. The molecule has 118 valence electrons. The predicted octanol–water partition coefficient (Wildman–Crippen LogP) is 1.61. The lowest BCUT2D eigenvalue weighted by atomic mass is 10.1. The van der Waals surface area contributed by atoms with E-state index in [9.17, 15) is 0 Å². The molecule has 23 heavy (non-hydrogen) atoms. The molecule has 0 N–H and O–H groups in total. The highest BCUT2D eigenvalue weighted by atomic mass is 35.5. The highest BCUT2D eigenvalue weighted by Crippen LogP contribution is 2.28. The Morgan fingerprint density at radius 2 is 2.13 bits per heavy atom. The maximum absolute atomic E-state index is 6.11. The molecule has 7 nitrogen and oxygen atoms in total. The quantitative estimate of drug-likeness (QED) is 0.676. The van der Waals surface area contributed by atoms with Crippen LogP contribution in [-0.2, 0) is 0 Å². The van der Waals surface area contributed by atoms with Gasteiger partial charge in [0.15, 0.2) is 5.82 Å². The Morgan fingerprint density at radius 1 is 1.17 bits per heavy atom. The molecular weight excluding hydrogens is 314 g/mol. The summed E-state index contributed by atoms with van der Waals surface area (Å²) in [6.45, 7) is 4.27. The maximum Gasteiger partial charge on any atom is 0.222 e. The molecule has 0 spiro atoms. The minimum absolute atomic E-state index is 0.627. The molecule has 1 atom stereocenters. The van der Waals surface area contributed by atoms with Crippen LogP contribution in [0.3, 0.4) is 0 Å². The van der Waals surface area contributed by atoms with Gasteiger partial charge in [0.2, 0.25) is 5.65 Å². The summed E-state index contributed by atoms with van der Waals surface area (Å²) in [5, 5.41) is 12.8. The van der Waals surface area contributed by atoms with Crippen LogP contribution in [0.25, 0.3) is 16.7 Å². The van der Waals surface area contributed by atoms with Gasteiger partial charge in [-0.15, -0.1) is 5.10 Å². The number of piperazine rings is 1. The minimum Gasteiger partial charge on any atom is -0.351 e. The highest BCUT2D eigenvalue weighted by Gasteiger charge is 2.32. The SMILES string of the molecule is Clc1ccc2nc(N3CCN4CCCC4C3)c3nnnn3c2c1. The number of aromatic nitrogens is 5. The van der Waals surface area contributed by atoms with E-state index >= 15 is 0 Å². The molecule has 1 aromatic carbocycles. The van der Waals surface area contributed by atoms with Crippen molar-refractivity contribution >= 4 is 34.1 Å². The third-order valence-electron chi connectivity index (χ3n) is 4.95. The van der Waals surface area contributed by atoms with Crippen molar-refractivity contribution in [2.45, 2.75) is 18.9 Å². The van der Waals surface area contributed by atoms with Crippen LogP contribution in [0, 0.1) is 0 Å². The molecule has 8 heteroatoms. The number of halogens is 1. The molecule has 2 saturated heterocycles. The summed E-state index contributed by atoms with van der Waals surface area (Å²) < 4.78 is 1.74. The van der Waals surface area contributed by atoms with Crippen molar-refractivity contribution in [2.75, 3.05) is 31.1 Å². The van der Waals surface area contributed by atoms with Crippen LogP contribution < -0.4 is 4.90 Å². The third kappa shape index (κ3) is 2.07. The van der Waals surface area contributed by atoms with Crippen molar-refractivity contribution in [1.29, 1.82) is 0 Å². The topological polar surface area (TPSA) is 62.5 Å². The monoisotopic (exact) mass is 329 g/mol. The molecule has 5 rings (SSSR count). The second-order valence-electron chi connectivity index (χ2n) is 6.26. The predicted molar refractivity (Wildman–Crippen MR) is 87.9 cm³/mol. The van der Waals surface area contributed by atoms with Gasteiger partial charge in [0.1, 0.15) is 0 Å². The second kappa shape index (κ2) is 5.01. The van der Waals surface area contributed by atoms with E-state index in [1.165, 1.54) is 19.4 Å². The largest absolute Gasteiger partial charge is 0.351 e. The summed E-state index contributed by atoms with van der Waals surface area (Å²) >= 11 is 6.11. The van der Waals surface area contributed by atoms with Crippen LogP contribution in [-0.4, -0.2) is 62.1 Å². The highest BCUT2D eigenvalue weighted by molar-refractivity contribution is 6.31. The summed E-state index contributed by atoms with van der Waals surface area (Å²) in [5.41, 5.74) is 2.39. The van der Waals surface area contributed by atoms with Gasteiger partial charge in [0, 0.05) is 30.7 Å². The first kappa shape index (κ1) is 13.4. The van der Waals surface area contributed by atoms with E-state index in [0.717, 1.165) is 36.5 Å². The molecule has 2 aliphatic rings. The van der Waals surface area contributed by atoms with Gasteiger partial charge in [-0.25, -0.2) is 4.98 Å². The van der Waals surface area contributed by atoms with Gasteiger partial charge >= 0.3 is 0 Å². The summed E-state index contributed by atoms with van der Waals surface area (Å²) in [6, 6.07) is 6.26. The molecule has 0 amide bonds. The number of hydrogen-bond acceptors (Lipinski definition) is 6. The molecule has 2 fully saturated rings. The number of nitrogens with zero attached hydrogens (tertiary/aromatic N) is 7. The van der Waals surface area contributed by atoms with Crippen LogP contribution in [0.1, 0.15) is 12.8 Å². The van der Waals surface area contributed by atoms with Gasteiger partial charge in [-0.3, -0.25) is 4.90 Å². The van der Waals surface area contributed by atoms with Gasteiger partial charge in [0.05, 0.1) is 11.0 Å². The van der Waals surface area contributed by atoms with Crippen molar-refractivity contribution in [3.8, 4) is 0 Å². The van der Waals surface area contributed by atoms with E-state index in [1.807, 2.05) is 18.2 Å². The first-order chi connectivity index (χ1) is 11.3. The Hall–Kier alpha value is -1.99. The normalized spacial score (nSPS) is 22.1. The Labute approximate surface area is 137 Å². The average Bonchev–Trinajstić information content (AvgIpc) is 3.22. The fourth-order valence-electron chi connectivity index (χ4n) is 3.81. The number of benzene rings is 1. The number of anilines is 1. The van der Waals surface area contributed by atoms with Crippen LogP contribution in [0.5, 0.6) is 0 Å². The van der Waals surface area contributed by atoms with Crippen molar-refractivity contribution in [2.24, 2.45) is 0 Å². The lowest BCUT2D eigenvalue weighted by Crippen LogP contribution is -2.50. The van der Waals surface area contributed by atoms with E-state index in [1.54, 1.807) is 4.52 Å². The first-order valence-corrected chi connectivity index (χ1v) is 8.34. The number of rotatable bonds is 1. The molecule has 1 unspecified atom stereocenters. The van der Waals surface area contributed by atoms with Gasteiger partial charge in [-0.2, -0.15) is 4.52 Å². The van der Waals surface area contributed by atoms with E-state index in [4.69, 9.17) is 16.6 Å². The Kier molecular flexibility index (Phi) is 2.93. The zero-order chi connectivity index (χ0) is 15.4. The van der Waals surface area contributed by atoms with Crippen molar-refractivity contribution in [1.82, 2.24) is 29.9 Å². The van der Waals surface area contributed by atoms with Crippen LogP contribution in [0.4, 0.5) is 5.82 Å². The molecule has 0 bridgehead atoms. The van der Waals surface area contributed by atoms with Gasteiger partial charge in [-0.1, -0.05) is 11.6 Å². The van der Waals surface area contributed by atoms with Gasteiger partial charge < -0.3 is 4.90 Å². The standard InChI is InChI=1S/C15H16ClN7/c16-10-3-4-12-13(8-10)23-15(18-19-20-23)14(17-12)22-7-6-21-5-1-2-11(21)9-22/h3-4,8,11H,1-2,5-7,9H2. The summed E-state index contributed by atoms with van der Waals surface area (Å²) in [5.74, 6) is 0.872.